The summed E-state index contributed by atoms with van der Waals surface area (Å²) in [7, 11) is 0. The van der Waals surface area contributed by atoms with E-state index in [1.54, 1.807) is 17.1 Å². The number of nitrogens with one attached hydrogen (secondary N) is 2. The predicted octanol–water partition coefficient (Wildman–Crippen LogP) is 0.0934. The molecule has 26 heavy (non-hydrogen) atoms. The van der Waals surface area contributed by atoms with E-state index in [9.17, 15) is 9.59 Å². The second kappa shape index (κ2) is 8.57. The molecule has 0 saturated carbocycles. The fourth-order valence-electron chi connectivity index (χ4n) is 3.09. The number of amides is 2. The maximum atomic E-state index is 12.3. The number of hydrogen-bond acceptors (Lipinski definition) is 5. The average Bonchev–Trinajstić information content (AvgIpc) is 3.13. The van der Waals surface area contributed by atoms with Crippen LogP contribution in [-0.2, 0) is 22.7 Å². The van der Waals surface area contributed by atoms with Crippen LogP contribution in [0.3, 0.4) is 0 Å². The van der Waals surface area contributed by atoms with E-state index in [4.69, 9.17) is 0 Å². The van der Waals surface area contributed by atoms with Crippen LogP contribution in [-0.4, -0.2) is 57.4 Å². The van der Waals surface area contributed by atoms with Crippen LogP contribution in [0.5, 0.6) is 0 Å². The van der Waals surface area contributed by atoms with Crippen molar-refractivity contribution in [1.82, 2.24) is 30.5 Å². The lowest BCUT2D eigenvalue weighted by Crippen LogP contribution is -2.56. The molecule has 0 spiro atoms. The molecule has 3 rings (SSSR count). The molecule has 8 heteroatoms. The van der Waals surface area contributed by atoms with Crippen LogP contribution in [0.1, 0.15) is 17.5 Å². The minimum absolute atomic E-state index is 0.0868. The standard InChI is InChI=1S/C18H24N6O2/c1-14-4-2-3-5-15(14)13-23-9-6-20-18(26)16(23)12-17(25)19-7-10-24-11-8-21-22-24/h2-5,8,11,16H,6-7,9-10,12-13H2,1H3,(H,19,25)(H,20,26). The van der Waals surface area contributed by atoms with Gasteiger partial charge in [-0.05, 0) is 18.1 Å². The van der Waals surface area contributed by atoms with E-state index < -0.39 is 6.04 Å². The monoisotopic (exact) mass is 356 g/mol. The molecule has 1 unspecified atom stereocenters. The number of aromatic nitrogens is 3. The van der Waals surface area contributed by atoms with Crippen LogP contribution >= 0.6 is 0 Å². The van der Waals surface area contributed by atoms with Crippen molar-refractivity contribution in [2.75, 3.05) is 19.6 Å². The summed E-state index contributed by atoms with van der Waals surface area (Å²) in [5.74, 6) is -0.224. The molecular weight excluding hydrogens is 332 g/mol. The Balaban J connectivity index is 1.56. The van der Waals surface area contributed by atoms with Crippen molar-refractivity contribution in [3.05, 3.63) is 47.8 Å². The molecule has 2 aromatic rings. The number of carbonyl (C=O) groups excluding carboxylic acids is 2. The maximum Gasteiger partial charge on any atom is 0.237 e. The first-order chi connectivity index (χ1) is 12.6. The molecule has 1 aromatic heterocycles. The molecule has 1 aromatic carbocycles. The molecule has 1 atom stereocenters. The normalized spacial score (nSPS) is 17.7. The van der Waals surface area contributed by atoms with Gasteiger partial charge in [0, 0.05) is 32.4 Å². The van der Waals surface area contributed by atoms with Gasteiger partial charge in [-0.15, -0.1) is 5.10 Å². The van der Waals surface area contributed by atoms with Crippen LogP contribution in [0.15, 0.2) is 36.7 Å². The van der Waals surface area contributed by atoms with Crippen molar-refractivity contribution >= 4 is 11.8 Å². The van der Waals surface area contributed by atoms with E-state index in [1.165, 1.54) is 11.1 Å². The summed E-state index contributed by atoms with van der Waals surface area (Å²) in [5, 5.41) is 13.3. The Hall–Kier alpha value is -2.74. The SMILES string of the molecule is Cc1ccccc1CN1CCNC(=O)C1CC(=O)NCCn1ccnn1. The number of hydrogen-bond donors (Lipinski definition) is 2. The third-order valence-corrected chi connectivity index (χ3v) is 4.59. The Morgan fingerprint density at radius 3 is 3.00 bits per heavy atom. The molecule has 1 fully saturated rings. The Morgan fingerprint density at radius 1 is 1.38 bits per heavy atom. The molecule has 0 bridgehead atoms. The van der Waals surface area contributed by atoms with Gasteiger partial charge in [0.15, 0.2) is 0 Å². The number of aryl methyl sites for hydroxylation is 1. The van der Waals surface area contributed by atoms with Crippen LogP contribution in [0.25, 0.3) is 0 Å². The summed E-state index contributed by atoms with van der Waals surface area (Å²) in [6.45, 7) is 5.07. The molecule has 2 N–H and O–H groups in total. The first kappa shape index (κ1) is 18.1. The van der Waals surface area contributed by atoms with Gasteiger partial charge in [0.25, 0.3) is 0 Å². The largest absolute Gasteiger partial charge is 0.354 e. The lowest BCUT2D eigenvalue weighted by atomic mass is 10.0. The maximum absolute atomic E-state index is 12.3. The highest BCUT2D eigenvalue weighted by Crippen LogP contribution is 2.16. The van der Waals surface area contributed by atoms with E-state index in [1.807, 2.05) is 12.1 Å². The van der Waals surface area contributed by atoms with Gasteiger partial charge >= 0.3 is 0 Å². The van der Waals surface area contributed by atoms with Crippen molar-refractivity contribution < 1.29 is 9.59 Å². The lowest BCUT2D eigenvalue weighted by molar-refractivity contribution is -0.134. The summed E-state index contributed by atoms with van der Waals surface area (Å²) in [6, 6.07) is 7.68. The summed E-state index contributed by atoms with van der Waals surface area (Å²) in [5.41, 5.74) is 2.37. The van der Waals surface area contributed by atoms with Crippen molar-refractivity contribution in [3.63, 3.8) is 0 Å². The zero-order valence-electron chi connectivity index (χ0n) is 14.9. The zero-order valence-corrected chi connectivity index (χ0v) is 14.9. The molecule has 1 saturated heterocycles. The first-order valence-electron chi connectivity index (χ1n) is 8.80. The zero-order chi connectivity index (χ0) is 18.4. The number of rotatable bonds is 7. The molecule has 1 aliphatic heterocycles. The smallest absolute Gasteiger partial charge is 0.237 e. The Labute approximate surface area is 152 Å². The second-order valence-corrected chi connectivity index (χ2v) is 6.42. The van der Waals surface area contributed by atoms with E-state index in [-0.39, 0.29) is 18.2 Å². The summed E-state index contributed by atoms with van der Waals surface area (Å²) in [6.07, 6.45) is 3.48. The molecule has 0 aliphatic carbocycles. The molecule has 0 radical (unpaired) electrons. The highest BCUT2D eigenvalue weighted by Gasteiger charge is 2.31. The lowest BCUT2D eigenvalue weighted by Gasteiger charge is -2.35. The van der Waals surface area contributed by atoms with Gasteiger partial charge in [-0.3, -0.25) is 19.2 Å². The average molecular weight is 356 g/mol. The van der Waals surface area contributed by atoms with Crippen molar-refractivity contribution in [3.8, 4) is 0 Å². The molecular formula is C18H24N6O2. The Bertz CT molecular complexity index is 746. The topological polar surface area (TPSA) is 92.2 Å². The Morgan fingerprint density at radius 2 is 2.23 bits per heavy atom. The fraction of sp³-hybridized carbons (Fsp3) is 0.444. The van der Waals surface area contributed by atoms with Gasteiger partial charge in [0.2, 0.25) is 11.8 Å². The van der Waals surface area contributed by atoms with Gasteiger partial charge in [0.1, 0.15) is 0 Å². The van der Waals surface area contributed by atoms with Gasteiger partial charge in [-0.2, -0.15) is 0 Å². The van der Waals surface area contributed by atoms with Gasteiger partial charge in [-0.25, -0.2) is 0 Å². The molecule has 1 aliphatic rings. The van der Waals surface area contributed by atoms with E-state index in [0.29, 0.717) is 26.2 Å². The highest BCUT2D eigenvalue weighted by molar-refractivity contribution is 5.88. The second-order valence-electron chi connectivity index (χ2n) is 6.42. The predicted molar refractivity (Wildman–Crippen MR) is 96.0 cm³/mol. The van der Waals surface area contributed by atoms with Gasteiger partial charge in [-0.1, -0.05) is 29.5 Å². The summed E-state index contributed by atoms with van der Waals surface area (Å²) < 4.78 is 1.65. The van der Waals surface area contributed by atoms with Crippen LogP contribution in [0.4, 0.5) is 0 Å². The Kier molecular flexibility index (Phi) is 5.96. The highest BCUT2D eigenvalue weighted by atomic mass is 16.2. The quantitative estimate of drug-likeness (QED) is 0.734. The minimum atomic E-state index is -0.449. The minimum Gasteiger partial charge on any atom is -0.354 e. The molecule has 2 heterocycles. The van der Waals surface area contributed by atoms with E-state index in [2.05, 4.69) is 44.9 Å². The molecule has 2 amide bonds. The van der Waals surface area contributed by atoms with E-state index >= 15 is 0 Å². The van der Waals surface area contributed by atoms with Gasteiger partial charge < -0.3 is 10.6 Å². The van der Waals surface area contributed by atoms with Crippen molar-refractivity contribution in [1.29, 1.82) is 0 Å². The van der Waals surface area contributed by atoms with Crippen LogP contribution in [0, 0.1) is 6.92 Å². The first-order valence-corrected chi connectivity index (χ1v) is 8.80. The fourth-order valence-corrected chi connectivity index (χ4v) is 3.09. The summed E-state index contributed by atoms with van der Waals surface area (Å²) in [4.78, 5) is 26.7. The van der Waals surface area contributed by atoms with Crippen LogP contribution in [0.2, 0.25) is 0 Å². The summed E-state index contributed by atoms with van der Waals surface area (Å²) >= 11 is 0. The van der Waals surface area contributed by atoms with E-state index in [0.717, 1.165) is 6.54 Å². The third-order valence-electron chi connectivity index (χ3n) is 4.59. The third kappa shape index (κ3) is 4.66. The molecule has 138 valence electrons. The molecule has 8 nitrogen and oxygen atoms in total. The number of benzene rings is 1. The van der Waals surface area contributed by atoms with Gasteiger partial charge in [0.05, 0.1) is 25.2 Å². The number of carbonyl (C=O) groups is 2. The van der Waals surface area contributed by atoms with Crippen LogP contribution < -0.4 is 10.6 Å². The van der Waals surface area contributed by atoms with Crippen molar-refractivity contribution in [2.45, 2.75) is 32.5 Å². The number of piperazine rings is 1. The number of nitrogens with zero attached hydrogens (tertiary/aromatic N) is 4. The van der Waals surface area contributed by atoms with Crippen molar-refractivity contribution in [2.24, 2.45) is 0 Å².